The fraction of sp³-hybridized carbons (Fsp3) is 0.619. The number of rotatable bonds is 7. The zero-order chi connectivity index (χ0) is 19.3. The van der Waals surface area contributed by atoms with Crippen molar-refractivity contribution in [3.05, 3.63) is 35.9 Å². The average molecular weight is 360 g/mol. The molecule has 0 aromatic heterocycles. The second-order valence-electron chi connectivity index (χ2n) is 8.18. The summed E-state index contributed by atoms with van der Waals surface area (Å²) >= 11 is 0. The number of amides is 3. The summed E-state index contributed by atoms with van der Waals surface area (Å²) in [6.45, 7) is 12.5. The number of nitrogens with one attached hydrogen (secondary N) is 1. The number of benzene rings is 1. The van der Waals surface area contributed by atoms with E-state index in [9.17, 15) is 9.59 Å². The third-order valence-corrected chi connectivity index (χ3v) is 4.69. The molecule has 1 N–H and O–H groups in total. The van der Waals surface area contributed by atoms with Gasteiger partial charge in [-0.2, -0.15) is 0 Å². The van der Waals surface area contributed by atoms with E-state index in [0.29, 0.717) is 24.8 Å². The Bertz CT molecular complexity index is 591. The van der Waals surface area contributed by atoms with Gasteiger partial charge in [0.05, 0.1) is 12.1 Å². The second-order valence-corrected chi connectivity index (χ2v) is 8.18. The van der Waals surface area contributed by atoms with Crippen LogP contribution in [-0.4, -0.2) is 47.4 Å². The minimum absolute atomic E-state index is 0.0213. The van der Waals surface area contributed by atoms with Crippen molar-refractivity contribution >= 4 is 11.9 Å². The van der Waals surface area contributed by atoms with Crippen molar-refractivity contribution in [2.75, 3.05) is 19.6 Å². The lowest BCUT2D eigenvalue weighted by atomic mass is 10.1. The number of carbonyl (C=O) groups excluding carboxylic acids is 2. The fourth-order valence-electron chi connectivity index (χ4n) is 3.50. The molecule has 26 heavy (non-hydrogen) atoms. The lowest BCUT2D eigenvalue weighted by Crippen LogP contribution is -2.48. The van der Waals surface area contributed by atoms with Crippen LogP contribution in [0.4, 0.5) is 4.79 Å². The van der Waals surface area contributed by atoms with E-state index in [0.717, 1.165) is 18.7 Å². The first kappa shape index (κ1) is 20.3. The van der Waals surface area contributed by atoms with E-state index < -0.39 is 0 Å². The first-order valence-electron chi connectivity index (χ1n) is 9.67. The maximum atomic E-state index is 12.7. The molecule has 0 saturated carbocycles. The first-order chi connectivity index (χ1) is 12.3. The van der Waals surface area contributed by atoms with Gasteiger partial charge in [-0.3, -0.25) is 4.79 Å². The number of carbonyl (C=O) groups is 2. The predicted octanol–water partition coefficient (Wildman–Crippen LogP) is 3.67. The summed E-state index contributed by atoms with van der Waals surface area (Å²) in [6, 6.07) is 9.87. The van der Waals surface area contributed by atoms with Crippen molar-refractivity contribution in [1.29, 1.82) is 0 Å². The Labute approximate surface area is 157 Å². The van der Waals surface area contributed by atoms with Crippen LogP contribution in [0.2, 0.25) is 0 Å². The molecule has 0 radical (unpaired) electrons. The van der Waals surface area contributed by atoms with Gasteiger partial charge in [0.25, 0.3) is 0 Å². The Morgan fingerprint density at radius 3 is 2.23 bits per heavy atom. The van der Waals surface area contributed by atoms with Crippen molar-refractivity contribution in [1.82, 2.24) is 15.1 Å². The Morgan fingerprint density at radius 1 is 1.12 bits per heavy atom. The molecule has 3 amide bonds. The van der Waals surface area contributed by atoms with Crippen LogP contribution in [-0.2, 0) is 4.79 Å². The minimum Gasteiger partial charge on any atom is -0.334 e. The fourth-order valence-corrected chi connectivity index (χ4v) is 3.50. The van der Waals surface area contributed by atoms with E-state index in [1.165, 1.54) is 0 Å². The Kier molecular flexibility index (Phi) is 7.06. The van der Waals surface area contributed by atoms with Crippen molar-refractivity contribution in [2.24, 2.45) is 11.8 Å². The third-order valence-electron chi connectivity index (χ3n) is 4.69. The van der Waals surface area contributed by atoms with Gasteiger partial charge in [0.2, 0.25) is 5.91 Å². The first-order valence-corrected chi connectivity index (χ1v) is 9.67. The standard InChI is InChI=1S/C21H33N3O2/c1-15(2)12-23(13-16(3)4)21(26)22-19-11-20(25)24(14-19)17(5)18-9-7-6-8-10-18/h6-10,15-17,19H,11-14H2,1-5H3,(H,22,26). The second kappa shape index (κ2) is 9.06. The maximum absolute atomic E-state index is 12.7. The number of hydrogen-bond acceptors (Lipinski definition) is 2. The number of likely N-dealkylation sites (tertiary alicyclic amines) is 1. The zero-order valence-electron chi connectivity index (χ0n) is 16.7. The molecule has 5 nitrogen and oxygen atoms in total. The molecular formula is C21H33N3O2. The van der Waals surface area contributed by atoms with Crippen molar-refractivity contribution in [2.45, 2.75) is 53.1 Å². The van der Waals surface area contributed by atoms with E-state index in [-0.39, 0.29) is 24.0 Å². The van der Waals surface area contributed by atoms with E-state index in [4.69, 9.17) is 0 Å². The summed E-state index contributed by atoms with van der Waals surface area (Å²) in [5.41, 5.74) is 1.12. The molecule has 1 heterocycles. The van der Waals surface area contributed by atoms with E-state index in [1.54, 1.807) is 0 Å². The van der Waals surface area contributed by atoms with E-state index >= 15 is 0 Å². The van der Waals surface area contributed by atoms with Gasteiger partial charge in [-0.15, -0.1) is 0 Å². The summed E-state index contributed by atoms with van der Waals surface area (Å²) in [7, 11) is 0. The van der Waals surface area contributed by atoms with Gasteiger partial charge in [-0.25, -0.2) is 4.79 Å². The van der Waals surface area contributed by atoms with Crippen LogP contribution in [0.25, 0.3) is 0 Å². The van der Waals surface area contributed by atoms with Gasteiger partial charge in [0.1, 0.15) is 0 Å². The summed E-state index contributed by atoms with van der Waals surface area (Å²) < 4.78 is 0. The molecule has 144 valence electrons. The van der Waals surface area contributed by atoms with E-state index in [1.807, 2.05) is 47.1 Å². The van der Waals surface area contributed by atoms with Crippen LogP contribution in [0, 0.1) is 11.8 Å². The van der Waals surface area contributed by atoms with Crippen LogP contribution in [0.5, 0.6) is 0 Å². The van der Waals surface area contributed by atoms with Gasteiger partial charge < -0.3 is 15.1 Å². The highest BCUT2D eigenvalue weighted by Gasteiger charge is 2.34. The van der Waals surface area contributed by atoms with Crippen LogP contribution >= 0.6 is 0 Å². The molecule has 1 aliphatic heterocycles. The quantitative estimate of drug-likeness (QED) is 0.807. The molecule has 1 aromatic rings. The smallest absolute Gasteiger partial charge is 0.317 e. The molecule has 1 aliphatic rings. The normalized spacial score (nSPS) is 18.5. The maximum Gasteiger partial charge on any atom is 0.317 e. The average Bonchev–Trinajstić information content (AvgIpc) is 2.93. The molecule has 0 spiro atoms. The van der Waals surface area contributed by atoms with Crippen LogP contribution in [0.1, 0.15) is 52.6 Å². The predicted molar refractivity (Wildman–Crippen MR) is 105 cm³/mol. The molecule has 1 fully saturated rings. The largest absolute Gasteiger partial charge is 0.334 e. The lowest BCUT2D eigenvalue weighted by molar-refractivity contribution is -0.129. The topological polar surface area (TPSA) is 52.7 Å². The van der Waals surface area contributed by atoms with Crippen LogP contribution in [0.3, 0.4) is 0 Å². The molecule has 1 saturated heterocycles. The monoisotopic (exact) mass is 359 g/mol. The third kappa shape index (κ3) is 5.48. The molecule has 2 rings (SSSR count). The van der Waals surface area contributed by atoms with Gasteiger partial charge >= 0.3 is 6.03 Å². The highest BCUT2D eigenvalue weighted by atomic mass is 16.2. The lowest BCUT2D eigenvalue weighted by Gasteiger charge is -2.29. The van der Waals surface area contributed by atoms with Crippen molar-refractivity contribution in [3.63, 3.8) is 0 Å². The van der Waals surface area contributed by atoms with Gasteiger partial charge in [-0.05, 0) is 24.3 Å². The van der Waals surface area contributed by atoms with Crippen molar-refractivity contribution in [3.8, 4) is 0 Å². The molecular weight excluding hydrogens is 326 g/mol. The Morgan fingerprint density at radius 2 is 1.69 bits per heavy atom. The molecule has 1 aromatic carbocycles. The Balaban J connectivity index is 1.97. The zero-order valence-corrected chi connectivity index (χ0v) is 16.7. The molecule has 2 atom stereocenters. The molecule has 0 bridgehead atoms. The summed E-state index contributed by atoms with van der Waals surface area (Å²) in [4.78, 5) is 28.9. The number of nitrogens with zero attached hydrogens (tertiary/aromatic N) is 2. The van der Waals surface area contributed by atoms with E-state index in [2.05, 4.69) is 33.0 Å². The highest BCUT2D eigenvalue weighted by Crippen LogP contribution is 2.25. The molecule has 0 aliphatic carbocycles. The highest BCUT2D eigenvalue weighted by molar-refractivity contribution is 5.82. The molecule has 5 heteroatoms. The number of hydrogen-bond donors (Lipinski definition) is 1. The SMILES string of the molecule is CC(C)CN(CC(C)C)C(=O)NC1CC(=O)N(C(C)c2ccccc2)C1. The number of urea groups is 1. The minimum atomic E-state index is -0.122. The molecule has 2 unspecified atom stereocenters. The van der Waals surface area contributed by atoms with Crippen LogP contribution < -0.4 is 5.32 Å². The Hall–Kier alpha value is -2.04. The summed E-state index contributed by atoms with van der Waals surface area (Å²) in [5.74, 6) is 0.935. The van der Waals surface area contributed by atoms with Gasteiger partial charge in [-0.1, -0.05) is 58.0 Å². The van der Waals surface area contributed by atoms with Crippen molar-refractivity contribution < 1.29 is 9.59 Å². The summed E-state index contributed by atoms with van der Waals surface area (Å²) in [6.07, 6.45) is 0.375. The van der Waals surface area contributed by atoms with Gasteiger partial charge in [0, 0.05) is 26.1 Å². The summed E-state index contributed by atoms with van der Waals surface area (Å²) in [5, 5.41) is 3.08. The van der Waals surface area contributed by atoms with Gasteiger partial charge in [0.15, 0.2) is 0 Å². The van der Waals surface area contributed by atoms with Crippen LogP contribution in [0.15, 0.2) is 30.3 Å².